The Morgan fingerprint density at radius 1 is 1.07 bits per heavy atom. The fourth-order valence-electron chi connectivity index (χ4n) is 3.87. The van der Waals surface area contributed by atoms with Crippen LogP contribution in [0.15, 0.2) is 33.9 Å². The van der Waals surface area contributed by atoms with Crippen LogP contribution in [-0.2, 0) is 20.6 Å². The van der Waals surface area contributed by atoms with Gasteiger partial charge in [0.2, 0.25) is 5.95 Å². The van der Waals surface area contributed by atoms with Crippen LogP contribution in [0.5, 0.6) is 5.75 Å². The summed E-state index contributed by atoms with van der Waals surface area (Å²) in [5.74, 6) is 1.51. The summed E-state index contributed by atoms with van der Waals surface area (Å²) < 4.78 is 9.88. The van der Waals surface area contributed by atoms with Crippen molar-refractivity contribution in [1.82, 2.24) is 18.7 Å². The minimum Gasteiger partial charge on any atom is -0.497 e. The highest BCUT2D eigenvalue weighted by molar-refractivity contribution is 5.74. The zero-order valence-electron chi connectivity index (χ0n) is 16.5. The molecule has 0 saturated carbocycles. The Balaban J connectivity index is 1.95. The van der Waals surface area contributed by atoms with Gasteiger partial charge in [-0.1, -0.05) is 12.1 Å². The van der Waals surface area contributed by atoms with Crippen molar-refractivity contribution in [2.75, 3.05) is 25.1 Å². The molecule has 1 fully saturated rings. The molecule has 3 aromatic rings. The molecule has 1 aliphatic heterocycles. The topological polar surface area (TPSA) is 74.3 Å². The van der Waals surface area contributed by atoms with Gasteiger partial charge in [0.1, 0.15) is 5.75 Å². The predicted molar refractivity (Wildman–Crippen MR) is 108 cm³/mol. The van der Waals surface area contributed by atoms with Crippen molar-refractivity contribution in [1.29, 1.82) is 0 Å². The van der Waals surface area contributed by atoms with Crippen molar-refractivity contribution in [2.24, 2.45) is 14.1 Å². The lowest BCUT2D eigenvalue weighted by Crippen LogP contribution is -2.37. The summed E-state index contributed by atoms with van der Waals surface area (Å²) in [5.41, 5.74) is 1.20. The van der Waals surface area contributed by atoms with Crippen molar-refractivity contribution in [3.8, 4) is 5.75 Å². The summed E-state index contributed by atoms with van der Waals surface area (Å²) >= 11 is 0. The zero-order chi connectivity index (χ0) is 19.8. The van der Waals surface area contributed by atoms with Crippen LogP contribution in [0.2, 0.25) is 0 Å². The van der Waals surface area contributed by atoms with E-state index in [4.69, 9.17) is 9.72 Å². The maximum Gasteiger partial charge on any atom is 0.332 e. The second-order valence-corrected chi connectivity index (χ2v) is 7.28. The van der Waals surface area contributed by atoms with E-state index >= 15 is 0 Å². The number of hydrogen-bond acceptors (Lipinski definition) is 5. The molecule has 0 aliphatic carbocycles. The van der Waals surface area contributed by atoms with E-state index in [1.165, 1.54) is 18.0 Å². The molecular weight excluding hydrogens is 358 g/mol. The van der Waals surface area contributed by atoms with Crippen molar-refractivity contribution >= 4 is 17.1 Å². The molecule has 0 radical (unpaired) electrons. The normalized spacial score (nSPS) is 14.6. The SMILES string of the molecule is COc1cccc(Cn2c(N3CCCCC3)nc3c2c(=O)n(C)c(=O)n3C)c1. The molecule has 8 heteroatoms. The Hall–Kier alpha value is -3.03. The highest BCUT2D eigenvalue weighted by Gasteiger charge is 2.24. The molecule has 148 valence electrons. The van der Waals surface area contributed by atoms with Crippen molar-refractivity contribution in [2.45, 2.75) is 25.8 Å². The number of fused-ring (bicyclic) bond motifs is 1. The number of aromatic nitrogens is 4. The van der Waals surface area contributed by atoms with Gasteiger partial charge in [-0.15, -0.1) is 0 Å². The lowest BCUT2D eigenvalue weighted by molar-refractivity contribution is 0.414. The van der Waals surface area contributed by atoms with Gasteiger partial charge in [0.25, 0.3) is 5.56 Å². The number of piperidine rings is 1. The number of nitrogens with zero attached hydrogens (tertiary/aromatic N) is 5. The first-order valence-electron chi connectivity index (χ1n) is 9.55. The van der Waals surface area contributed by atoms with E-state index < -0.39 is 0 Å². The molecule has 8 nitrogen and oxygen atoms in total. The minimum atomic E-state index is -0.367. The Morgan fingerprint density at radius 3 is 2.54 bits per heavy atom. The number of anilines is 1. The third-order valence-corrected chi connectivity index (χ3v) is 5.44. The molecule has 0 amide bonds. The first kappa shape index (κ1) is 18.3. The average Bonchev–Trinajstić information content (AvgIpc) is 3.10. The van der Waals surface area contributed by atoms with E-state index in [2.05, 4.69) is 4.90 Å². The molecule has 0 atom stereocenters. The summed E-state index contributed by atoms with van der Waals surface area (Å²) in [5, 5.41) is 0. The third kappa shape index (κ3) is 2.98. The van der Waals surface area contributed by atoms with Crippen LogP contribution in [0.4, 0.5) is 5.95 Å². The molecule has 4 rings (SSSR count). The van der Waals surface area contributed by atoms with E-state index in [0.29, 0.717) is 17.7 Å². The lowest BCUT2D eigenvalue weighted by Gasteiger charge is -2.28. The number of rotatable bonds is 4. The molecule has 28 heavy (non-hydrogen) atoms. The zero-order valence-corrected chi connectivity index (χ0v) is 16.5. The molecule has 1 saturated heterocycles. The highest BCUT2D eigenvalue weighted by atomic mass is 16.5. The molecule has 1 aromatic carbocycles. The quantitative estimate of drug-likeness (QED) is 0.682. The Labute approximate surface area is 162 Å². The molecule has 1 aliphatic rings. The summed E-state index contributed by atoms with van der Waals surface area (Å²) in [4.78, 5) is 32.3. The number of methoxy groups -OCH3 is 1. The largest absolute Gasteiger partial charge is 0.497 e. The second-order valence-electron chi connectivity index (χ2n) is 7.28. The number of imidazole rings is 1. The number of hydrogen-bond donors (Lipinski definition) is 0. The maximum atomic E-state index is 13.0. The molecule has 0 N–H and O–H groups in total. The third-order valence-electron chi connectivity index (χ3n) is 5.44. The van der Waals surface area contributed by atoms with Gasteiger partial charge in [0.15, 0.2) is 11.2 Å². The van der Waals surface area contributed by atoms with Crippen LogP contribution < -0.4 is 20.9 Å². The number of aryl methyl sites for hydroxylation is 1. The first-order chi connectivity index (χ1) is 13.5. The van der Waals surface area contributed by atoms with Crippen LogP contribution in [-0.4, -0.2) is 38.9 Å². The van der Waals surface area contributed by atoms with Crippen LogP contribution in [0, 0.1) is 0 Å². The molecular formula is C20H25N5O3. The summed E-state index contributed by atoms with van der Waals surface area (Å²) in [6, 6.07) is 7.78. The van der Waals surface area contributed by atoms with Gasteiger partial charge >= 0.3 is 5.69 Å². The fraction of sp³-hybridized carbons (Fsp3) is 0.450. The van der Waals surface area contributed by atoms with E-state index in [1.54, 1.807) is 14.2 Å². The monoisotopic (exact) mass is 383 g/mol. The molecule has 0 bridgehead atoms. The Kier molecular flexibility index (Phi) is 4.70. The van der Waals surface area contributed by atoms with Crippen LogP contribution >= 0.6 is 0 Å². The fourth-order valence-corrected chi connectivity index (χ4v) is 3.87. The standard InChI is InChI=1S/C20H25N5O3/c1-22-17-16(18(26)23(2)20(22)27)25(13-14-8-7-9-15(12-14)28-3)19(21-17)24-10-5-4-6-11-24/h7-9,12H,4-6,10-11,13H2,1-3H3. The van der Waals surface area contributed by atoms with E-state index in [1.807, 2.05) is 28.8 Å². The predicted octanol–water partition coefficient (Wildman–Crippen LogP) is 1.48. The van der Waals surface area contributed by atoms with Gasteiger partial charge in [-0.3, -0.25) is 18.5 Å². The van der Waals surface area contributed by atoms with Crippen LogP contribution in [0.1, 0.15) is 24.8 Å². The van der Waals surface area contributed by atoms with Gasteiger partial charge in [-0.25, -0.2) is 4.79 Å². The molecule has 2 aromatic heterocycles. The van der Waals surface area contributed by atoms with Gasteiger partial charge in [-0.05, 0) is 37.0 Å². The van der Waals surface area contributed by atoms with Crippen LogP contribution in [0.25, 0.3) is 11.2 Å². The molecule has 3 heterocycles. The summed E-state index contributed by atoms with van der Waals surface area (Å²) in [6.07, 6.45) is 3.39. The summed E-state index contributed by atoms with van der Waals surface area (Å²) in [6.45, 7) is 2.28. The van der Waals surface area contributed by atoms with Gasteiger partial charge in [-0.2, -0.15) is 4.98 Å². The van der Waals surface area contributed by atoms with Gasteiger partial charge < -0.3 is 9.64 Å². The molecule has 0 unspecified atom stereocenters. The van der Waals surface area contributed by atoms with Crippen molar-refractivity contribution in [3.05, 3.63) is 50.7 Å². The first-order valence-corrected chi connectivity index (χ1v) is 9.55. The lowest BCUT2D eigenvalue weighted by atomic mass is 10.1. The maximum absolute atomic E-state index is 13.0. The van der Waals surface area contributed by atoms with Crippen LogP contribution in [0.3, 0.4) is 0 Å². The van der Waals surface area contributed by atoms with E-state index in [0.717, 1.165) is 47.8 Å². The van der Waals surface area contributed by atoms with E-state index in [9.17, 15) is 9.59 Å². The highest BCUT2D eigenvalue weighted by Crippen LogP contribution is 2.25. The van der Waals surface area contributed by atoms with Crippen molar-refractivity contribution in [3.63, 3.8) is 0 Å². The van der Waals surface area contributed by atoms with Crippen molar-refractivity contribution < 1.29 is 4.74 Å². The average molecular weight is 383 g/mol. The minimum absolute atomic E-state index is 0.322. The van der Waals surface area contributed by atoms with E-state index in [-0.39, 0.29) is 11.2 Å². The molecule has 0 spiro atoms. The summed E-state index contributed by atoms with van der Waals surface area (Å²) in [7, 11) is 4.80. The smallest absolute Gasteiger partial charge is 0.332 e. The number of ether oxygens (including phenoxy) is 1. The Bertz CT molecular complexity index is 1140. The Morgan fingerprint density at radius 2 is 1.82 bits per heavy atom. The van der Waals surface area contributed by atoms with Gasteiger partial charge in [0, 0.05) is 27.2 Å². The van der Waals surface area contributed by atoms with Gasteiger partial charge in [0.05, 0.1) is 13.7 Å². The second kappa shape index (κ2) is 7.18. The number of benzene rings is 1.